The van der Waals surface area contributed by atoms with E-state index >= 15 is 0 Å². The Morgan fingerprint density at radius 2 is 1.61 bits per heavy atom. The number of carbonyl (C=O) groups is 1. The van der Waals surface area contributed by atoms with Crippen molar-refractivity contribution in [3.63, 3.8) is 0 Å². The lowest BCUT2D eigenvalue weighted by Gasteiger charge is -2.20. The van der Waals surface area contributed by atoms with E-state index in [2.05, 4.69) is 58.1 Å². The molecule has 2 aromatic rings. The second-order valence-electron chi connectivity index (χ2n) is 7.38. The van der Waals surface area contributed by atoms with Gasteiger partial charge in [-0.2, -0.15) is 0 Å². The van der Waals surface area contributed by atoms with E-state index in [0.29, 0.717) is 5.56 Å². The first-order valence-electron chi connectivity index (χ1n) is 8.17. The number of amides is 1. The summed E-state index contributed by atoms with van der Waals surface area (Å²) >= 11 is 0. The van der Waals surface area contributed by atoms with Crippen LogP contribution in [0.15, 0.2) is 42.5 Å². The van der Waals surface area contributed by atoms with Crippen LogP contribution in [-0.4, -0.2) is 5.91 Å². The summed E-state index contributed by atoms with van der Waals surface area (Å²) in [6.07, 6.45) is 0. The van der Waals surface area contributed by atoms with Crippen molar-refractivity contribution in [1.29, 1.82) is 0 Å². The lowest BCUT2D eigenvalue weighted by atomic mass is 9.86. The van der Waals surface area contributed by atoms with Gasteiger partial charge >= 0.3 is 0 Å². The number of nitrogens with one attached hydrogen (secondary N) is 1. The van der Waals surface area contributed by atoms with E-state index in [4.69, 9.17) is 0 Å². The molecule has 0 aliphatic carbocycles. The van der Waals surface area contributed by atoms with Gasteiger partial charge in [0, 0.05) is 5.56 Å². The van der Waals surface area contributed by atoms with Gasteiger partial charge in [-0.05, 0) is 55.0 Å². The summed E-state index contributed by atoms with van der Waals surface area (Å²) in [4.78, 5) is 12.5. The van der Waals surface area contributed by atoms with Crippen LogP contribution in [0.3, 0.4) is 0 Å². The van der Waals surface area contributed by atoms with Gasteiger partial charge in [-0.3, -0.25) is 4.79 Å². The maximum Gasteiger partial charge on any atom is 0.251 e. The van der Waals surface area contributed by atoms with Crippen LogP contribution in [0.5, 0.6) is 0 Å². The molecule has 0 aromatic heterocycles. The van der Waals surface area contributed by atoms with Crippen molar-refractivity contribution in [2.45, 2.75) is 53.0 Å². The molecule has 1 amide bonds. The molecule has 2 aromatic carbocycles. The molecular formula is C21H27NO. The zero-order chi connectivity index (χ0) is 17.2. The molecule has 0 fully saturated rings. The van der Waals surface area contributed by atoms with Crippen LogP contribution in [0.4, 0.5) is 0 Å². The highest BCUT2D eigenvalue weighted by atomic mass is 16.1. The molecule has 122 valence electrons. The van der Waals surface area contributed by atoms with Crippen molar-refractivity contribution in [2.24, 2.45) is 0 Å². The van der Waals surface area contributed by atoms with Gasteiger partial charge in [0.1, 0.15) is 0 Å². The molecule has 0 saturated heterocycles. The van der Waals surface area contributed by atoms with Gasteiger partial charge in [0.05, 0.1) is 6.04 Å². The molecule has 0 radical (unpaired) electrons. The van der Waals surface area contributed by atoms with Crippen LogP contribution in [0.25, 0.3) is 0 Å². The molecule has 2 heteroatoms. The van der Waals surface area contributed by atoms with Gasteiger partial charge in [0.2, 0.25) is 0 Å². The Hall–Kier alpha value is -2.09. The van der Waals surface area contributed by atoms with Crippen LogP contribution in [0, 0.1) is 13.8 Å². The molecule has 0 bridgehead atoms. The standard InChI is InChI=1S/C21H27NO/c1-14-7-8-15(2)19(13-14)16(3)22-20(23)17-9-11-18(12-10-17)21(4,5)6/h7-13,16H,1-6H3,(H,22,23). The van der Waals surface area contributed by atoms with Crippen molar-refractivity contribution in [1.82, 2.24) is 5.32 Å². The zero-order valence-electron chi connectivity index (χ0n) is 15.0. The normalized spacial score (nSPS) is 12.8. The zero-order valence-corrected chi connectivity index (χ0v) is 15.0. The average Bonchev–Trinajstić information content (AvgIpc) is 2.48. The van der Waals surface area contributed by atoms with Gasteiger partial charge in [-0.1, -0.05) is 56.7 Å². The minimum Gasteiger partial charge on any atom is -0.346 e. The smallest absolute Gasteiger partial charge is 0.251 e. The molecule has 0 aliphatic heterocycles. The van der Waals surface area contributed by atoms with Crippen LogP contribution < -0.4 is 5.32 Å². The molecule has 0 aliphatic rings. The number of rotatable bonds is 3. The van der Waals surface area contributed by atoms with Gasteiger partial charge in [0.25, 0.3) is 5.91 Å². The molecule has 1 N–H and O–H groups in total. The molecule has 1 atom stereocenters. The van der Waals surface area contributed by atoms with Crippen LogP contribution >= 0.6 is 0 Å². The minimum absolute atomic E-state index is 0.00954. The minimum atomic E-state index is -0.0288. The number of hydrogen-bond acceptors (Lipinski definition) is 1. The summed E-state index contributed by atoms with van der Waals surface area (Å²) < 4.78 is 0. The highest BCUT2D eigenvalue weighted by molar-refractivity contribution is 5.94. The lowest BCUT2D eigenvalue weighted by molar-refractivity contribution is 0.0939. The molecule has 2 rings (SSSR count). The first-order chi connectivity index (χ1) is 10.7. The van der Waals surface area contributed by atoms with Crippen LogP contribution in [0.2, 0.25) is 0 Å². The van der Waals surface area contributed by atoms with E-state index in [1.807, 2.05) is 31.2 Å². The largest absolute Gasteiger partial charge is 0.346 e. The van der Waals surface area contributed by atoms with Gasteiger partial charge in [-0.15, -0.1) is 0 Å². The molecule has 2 nitrogen and oxygen atoms in total. The maximum absolute atomic E-state index is 12.5. The Bertz CT molecular complexity index is 693. The molecule has 0 saturated carbocycles. The SMILES string of the molecule is Cc1ccc(C)c(C(C)NC(=O)c2ccc(C(C)(C)C)cc2)c1. The average molecular weight is 309 g/mol. The number of aryl methyl sites for hydroxylation is 2. The third kappa shape index (κ3) is 4.22. The summed E-state index contributed by atoms with van der Waals surface area (Å²) in [5, 5.41) is 3.10. The van der Waals surface area contributed by atoms with Gasteiger partial charge in [0.15, 0.2) is 0 Å². The van der Waals surface area contributed by atoms with E-state index in [0.717, 1.165) is 0 Å². The second kappa shape index (κ2) is 6.57. The van der Waals surface area contributed by atoms with Crippen molar-refractivity contribution >= 4 is 5.91 Å². The monoisotopic (exact) mass is 309 g/mol. The van der Waals surface area contributed by atoms with Crippen molar-refractivity contribution in [3.05, 3.63) is 70.3 Å². The Morgan fingerprint density at radius 3 is 2.17 bits per heavy atom. The first-order valence-corrected chi connectivity index (χ1v) is 8.17. The fourth-order valence-corrected chi connectivity index (χ4v) is 2.71. The quantitative estimate of drug-likeness (QED) is 0.840. The Kier molecular flexibility index (Phi) is 4.93. The molecular weight excluding hydrogens is 282 g/mol. The third-order valence-electron chi connectivity index (χ3n) is 4.26. The van der Waals surface area contributed by atoms with E-state index < -0.39 is 0 Å². The summed E-state index contributed by atoms with van der Waals surface area (Å²) in [5.41, 5.74) is 5.62. The fourth-order valence-electron chi connectivity index (χ4n) is 2.71. The summed E-state index contributed by atoms with van der Waals surface area (Å²) in [6, 6.07) is 14.2. The second-order valence-corrected chi connectivity index (χ2v) is 7.38. The van der Waals surface area contributed by atoms with Gasteiger partial charge in [-0.25, -0.2) is 0 Å². The Morgan fingerprint density at radius 1 is 1.00 bits per heavy atom. The van der Waals surface area contributed by atoms with Crippen LogP contribution in [-0.2, 0) is 5.41 Å². The van der Waals surface area contributed by atoms with Crippen molar-refractivity contribution in [2.75, 3.05) is 0 Å². The Labute approximate surface area is 139 Å². The number of hydrogen-bond donors (Lipinski definition) is 1. The first kappa shape index (κ1) is 17.3. The highest BCUT2D eigenvalue weighted by Crippen LogP contribution is 2.23. The van der Waals surface area contributed by atoms with E-state index in [1.54, 1.807) is 0 Å². The van der Waals surface area contributed by atoms with E-state index in [-0.39, 0.29) is 17.4 Å². The summed E-state index contributed by atoms with van der Waals surface area (Å²) in [6.45, 7) is 12.7. The summed E-state index contributed by atoms with van der Waals surface area (Å²) in [7, 11) is 0. The molecule has 0 heterocycles. The molecule has 0 spiro atoms. The lowest BCUT2D eigenvalue weighted by Crippen LogP contribution is -2.27. The number of carbonyl (C=O) groups excluding carboxylic acids is 1. The van der Waals surface area contributed by atoms with E-state index in [1.165, 1.54) is 22.3 Å². The maximum atomic E-state index is 12.5. The predicted octanol–water partition coefficient (Wildman–Crippen LogP) is 5.09. The Balaban J connectivity index is 2.14. The van der Waals surface area contributed by atoms with Crippen molar-refractivity contribution in [3.8, 4) is 0 Å². The fraction of sp³-hybridized carbons (Fsp3) is 0.381. The topological polar surface area (TPSA) is 29.1 Å². The molecule has 1 unspecified atom stereocenters. The highest BCUT2D eigenvalue weighted by Gasteiger charge is 2.16. The molecule has 23 heavy (non-hydrogen) atoms. The van der Waals surface area contributed by atoms with Crippen LogP contribution in [0.1, 0.15) is 66.3 Å². The third-order valence-corrected chi connectivity index (χ3v) is 4.26. The summed E-state index contributed by atoms with van der Waals surface area (Å²) in [5.74, 6) is -0.0288. The van der Waals surface area contributed by atoms with Crippen molar-refractivity contribution < 1.29 is 4.79 Å². The predicted molar refractivity (Wildman–Crippen MR) is 96.9 cm³/mol. The number of benzene rings is 2. The van der Waals surface area contributed by atoms with Gasteiger partial charge < -0.3 is 5.32 Å². The van der Waals surface area contributed by atoms with E-state index in [9.17, 15) is 4.79 Å².